The summed E-state index contributed by atoms with van der Waals surface area (Å²) >= 11 is 5.90. The van der Waals surface area contributed by atoms with Gasteiger partial charge in [0.1, 0.15) is 12.6 Å². The predicted octanol–water partition coefficient (Wildman–Crippen LogP) is 3.24. The first-order valence-electron chi connectivity index (χ1n) is 10.5. The molecule has 1 amide bonds. The van der Waals surface area contributed by atoms with Gasteiger partial charge in [-0.2, -0.15) is 0 Å². The fraction of sp³-hybridized carbons (Fsp3) is 0.292. The second kappa shape index (κ2) is 9.97. The van der Waals surface area contributed by atoms with Crippen LogP contribution in [-0.2, 0) is 20.7 Å². The molecule has 2 N–H and O–H groups in total. The van der Waals surface area contributed by atoms with Crippen LogP contribution in [0.1, 0.15) is 28.8 Å². The van der Waals surface area contributed by atoms with Crippen molar-refractivity contribution in [2.75, 3.05) is 13.2 Å². The van der Waals surface area contributed by atoms with Gasteiger partial charge in [0, 0.05) is 40.6 Å². The molecule has 0 aliphatic carbocycles. The molecule has 166 valence electrons. The van der Waals surface area contributed by atoms with E-state index in [1.54, 1.807) is 30.3 Å². The summed E-state index contributed by atoms with van der Waals surface area (Å²) in [5, 5.41) is 4.05. The van der Waals surface area contributed by atoms with Gasteiger partial charge in [0.25, 0.3) is 5.91 Å². The van der Waals surface area contributed by atoms with Crippen molar-refractivity contribution in [1.82, 2.24) is 10.3 Å². The van der Waals surface area contributed by atoms with Crippen LogP contribution in [0.15, 0.2) is 59.4 Å². The molecule has 7 nitrogen and oxygen atoms in total. The average molecular weight is 455 g/mol. The number of nitrogens with one attached hydrogen (secondary N) is 2. The number of carbonyl (C=O) groups is 2. The highest BCUT2D eigenvalue weighted by atomic mass is 35.5. The van der Waals surface area contributed by atoms with Crippen molar-refractivity contribution in [3.63, 3.8) is 0 Å². The van der Waals surface area contributed by atoms with Crippen molar-refractivity contribution in [2.24, 2.45) is 0 Å². The van der Waals surface area contributed by atoms with E-state index in [-0.39, 0.29) is 24.7 Å². The molecule has 3 aromatic rings. The van der Waals surface area contributed by atoms with Crippen molar-refractivity contribution in [3.8, 4) is 0 Å². The minimum absolute atomic E-state index is 0.105. The number of amides is 1. The van der Waals surface area contributed by atoms with Gasteiger partial charge in [-0.15, -0.1) is 0 Å². The first-order chi connectivity index (χ1) is 15.5. The van der Waals surface area contributed by atoms with Gasteiger partial charge in [0.15, 0.2) is 0 Å². The summed E-state index contributed by atoms with van der Waals surface area (Å²) in [5.41, 5.74) is 1.38. The van der Waals surface area contributed by atoms with Gasteiger partial charge in [-0.1, -0.05) is 29.8 Å². The number of esters is 1. The lowest BCUT2D eigenvalue weighted by molar-refractivity contribution is -0.149. The van der Waals surface area contributed by atoms with Crippen LogP contribution in [0.4, 0.5) is 0 Å². The van der Waals surface area contributed by atoms with Gasteiger partial charge in [0.05, 0.1) is 6.10 Å². The monoisotopic (exact) mass is 454 g/mol. The zero-order valence-corrected chi connectivity index (χ0v) is 18.1. The molecule has 1 fully saturated rings. The normalized spacial score (nSPS) is 16.6. The lowest BCUT2D eigenvalue weighted by Gasteiger charge is -2.20. The highest BCUT2D eigenvalue weighted by molar-refractivity contribution is 6.30. The minimum atomic E-state index is -0.982. The number of rotatable bonds is 7. The van der Waals surface area contributed by atoms with E-state index in [2.05, 4.69) is 10.3 Å². The first-order valence-corrected chi connectivity index (χ1v) is 10.8. The maximum absolute atomic E-state index is 12.9. The van der Waals surface area contributed by atoms with Crippen molar-refractivity contribution >= 4 is 34.4 Å². The Morgan fingerprint density at radius 2 is 1.97 bits per heavy atom. The van der Waals surface area contributed by atoms with E-state index in [9.17, 15) is 14.4 Å². The van der Waals surface area contributed by atoms with Crippen molar-refractivity contribution < 1.29 is 19.1 Å². The quantitative estimate of drug-likeness (QED) is 0.534. The Hall–Kier alpha value is -3.16. The third-order valence-corrected chi connectivity index (χ3v) is 5.64. The molecule has 2 unspecified atom stereocenters. The molecular formula is C24H23ClN2O5. The Kier molecular flexibility index (Phi) is 6.87. The van der Waals surface area contributed by atoms with Crippen LogP contribution in [0.2, 0.25) is 5.02 Å². The number of pyridine rings is 1. The Labute approximate surface area is 189 Å². The standard InChI is InChI=1S/C24H23ClN2O5/c25-17-9-7-15(8-10-17)23(29)27-21(24(30)32-14-18-4-3-11-31-18)12-16-13-22(28)26-20-6-2-1-5-19(16)20/h1-2,5-10,13,18,21H,3-4,11-12,14H2,(H,26,28)(H,27,29). The van der Waals surface area contributed by atoms with Crippen LogP contribution in [0.5, 0.6) is 0 Å². The first kappa shape index (κ1) is 22.0. The third-order valence-electron chi connectivity index (χ3n) is 5.39. The number of hydrogen-bond acceptors (Lipinski definition) is 5. The van der Waals surface area contributed by atoms with Crippen LogP contribution >= 0.6 is 11.6 Å². The Morgan fingerprint density at radius 3 is 2.72 bits per heavy atom. The van der Waals surface area contributed by atoms with Gasteiger partial charge in [-0.3, -0.25) is 9.59 Å². The van der Waals surface area contributed by atoms with Crippen molar-refractivity contribution in [1.29, 1.82) is 0 Å². The lowest BCUT2D eigenvalue weighted by atomic mass is 10.0. The molecule has 0 bridgehead atoms. The van der Waals surface area contributed by atoms with Gasteiger partial charge in [-0.05, 0) is 48.7 Å². The number of para-hydroxylation sites is 1. The second-order valence-corrected chi connectivity index (χ2v) is 8.14. The molecule has 4 rings (SSSR count). The number of aromatic amines is 1. The van der Waals surface area contributed by atoms with E-state index in [1.165, 1.54) is 6.07 Å². The topological polar surface area (TPSA) is 97.5 Å². The molecular weight excluding hydrogens is 432 g/mol. The molecule has 2 aromatic carbocycles. The largest absolute Gasteiger partial charge is 0.461 e. The molecule has 32 heavy (non-hydrogen) atoms. The number of H-pyrrole nitrogens is 1. The highest BCUT2D eigenvalue weighted by Crippen LogP contribution is 2.18. The summed E-state index contributed by atoms with van der Waals surface area (Å²) in [7, 11) is 0. The molecule has 2 heterocycles. The minimum Gasteiger partial charge on any atom is -0.461 e. The van der Waals surface area contributed by atoms with Gasteiger partial charge < -0.3 is 19.8 Å². The Balaban J connectivity index is 1.58. The van der Waals surface area contributed by atoms with Gasteiger partial charge >= 0.3 is 5.97 Å². The van der Waals surface area contributed by atoms with E-state index in [4.69, 9.17) is 21.1 Å². The Bertz CT molecular complexity index is 1170. The maximum atomic E-state index is 12.9. The molecule has 8 heteroatoms. The van der Waals surface area contributed by atoms with E-state index in [1.807, 2.05) is 18.2 Å². The molecule has 2 atom stereocenters. The number of halogens is 1. The van der Waals surface area contributed by atoms with Crippen molar-refractivity contribution in [3.05, 3.63) is 81.1 Å². The van der Waals surface area contributed by atoms with Crippen LogP contribution in [0.3, 0.4) is 0 Å². The van der Waals surface area contributed by atoms with Crippen LogP contribution in [0.25, 0.3) is 10.9 Å². The maximum Gasteiger partial charge on any atom is 0.329 e. The van der Waals surface area contributed by atoms with Crippen LogP contribution in [0, 0.1) is 0 Å². The van der Waals surface area contributed by atoms with E-state index >= 15 is 0 Å². The summed E-state index contributed by atoms with van der Waals surface area (Å²) < 4.78 is 11.0. The summed E-state index contributed by atoms with van der Waals surface area (Å²) in [6.45, 7) is 0.778. The lowest BCUT2D eigenvalue weighted by Crippen LogP contribution is -2.44. The van der Waals surface area contributed by atoms with E-state index in [0.29, 0.717) is 28.3 Å². The predicted molar refractivity (Wildman–Crippen MR) is 121 cm³/mol. The van der Waals surface area contributed by atoms with Crippen molar-refractivity contribution in [2.45, 2.75) is 31.4 Å². The van der Waals surface area contributed by atoms with E-state index < -0.39 is 17.9 Å². The molecule has 0 radical (unpaired) electrons. The smallest absolute Gasteiger partial charge is 0.329 e. The third kappa shape index (κ3) is 5.36. The fourth-order valence-corrected chi connectivity index (χ4v) is 3.88. The average Bonchev–Trinajstić information content (AvgIpc) is 3.31. The summed E-state index contributed by atoms with van der Waals surface area (Å²) in [6, 6.07) is 14.1. The molecule has 0 saturated carbocycles. The summed E-state index contributed by atoms with van der Waals surface area (Å²) in [4.78, 5) is 40.7. The number of aromatic nitrogens is 1. The zero-order valence-electron chi connectivity index (χ0n) is 17.3. The second-order valence-electron chi connectivity index (χ2n) is 7.71. The van der Waals surface area contributed by atoms with E-state index in [0.717, 1.165) is 18.2 Å². The van der Waals surface area contributed by atoms with Gasteiger partial charge in [-0.25, -0.2) is 4.79 Å². The number of ether oxygens (including phenoxy) is 2. The SMILES string of the molecule is O=C(NC(Cc1cc(=O)[nH]c2ccccc12)C(=O)OCC1CCCO1)c1ccc(Cl)cc1. The molecule has 1 aliphatic heterocycles. The Morgan fingerprint density at radius 1 is 1.19 bits per heavy atom. The summed E-state index contributed by atoms with van der Waals surface area (Å²) in [6.07, 6.45) is 1.73. The summed E-state index contributed by atoms with van der Waals surface area (Å²) in [5.74, 6) is -1.01. The van der Waals surface area contributed by atoms with Crippen LogP contribution in [-0.4, -0.2) is 42.2 Å². The fourth-order valence-electron chi connectivity index (χ4n) is 3.75. The molecule has 1 saturated heterocycles. The number of benzene rings is 2. The molecule has 1 aliphatic rings. The number of fused-ring (bicyclic) bond motifs is 1. The number of carbonyl (C=O) groups excluding carboxylic acids is 2. The zero-order chi connectivity index (χ0) is 22.5. The van der Waals surface area contributed by atoms with Crippen LogP contribution < -0.4 is 10.9 Å². The molecule has 1 aromatic heterocycles. The van der Waals surface area contributed by atoms with Gasteiger partial charge in [0.2, 0.25) is 5.56 Å². The molecule has 0 spiro atoms. The highest BCUT2D eigenvalue weighted by Gasteiger charge is 2.26. The number of hydrogen-bond donors (Lipinski definition) is 2.